The van der Waals surface area contributed by atoms with Crippen LogP contribution in [0.1, 0.15) is 23.7 Å². The Kier molecular flexibility index (Phi) is 2.73. The Balaban J connectivity index is 2.42. The molecule has 4 heteroatoms. The maximum Gasteiger partial charge on any atom is 0.250 e. The van der Waals surface area contributed by atoms with Gasteiger partial charge in [0.2, 0.25) is 0 Å². The number of benzene rings is 1. The number of nitrogens with two attached hydrogens (primary N) is 2. The normalized spacial score (nSPS) is 20.1. The van der Waals surface area contributed by atoms with Crippen molar-refractivity contribution in [1.82, 2.24) is 0 Å². The molecule has 0 saturated carbocycles. The van der Waals surface area contributed by atoms with Crippen molar-refractivity contribution in [2.24, 2.45) is 11.7 Å². The van der Waals surface area contributed by atoms with E-state index in [0.29, 0.717) is 17.2 Å². The van der Waals surface area contributed by atoms with E-state index in [-0.39, 0.29) is 0 Å². The number of nitrogens with zero attached hydrogens (tertiary/aromatic N) is 1. The summed E-state index contributed by atoms with van der Waals surface area (Å²) in [6.07, 6.45) is 1.13. The molecule has 4 nitrogen and oxygen atoms in total. The summed E-state index contributed by atoms with van der Waals surface area (Å²) in [7, 11) is 0. The van der Waals surface area contributed by atoms with Gasteiger partial charge in [0.15, 0.2) is 0 Å². The number of nitrogen functional groups attached to an aromatic ring is 1. The van der Waals surface area contributed by atoms with Crippen LogP contribution in [0.3, 0.4) is 0 Å². The molecule has 1 atom stereocenters. The third kappa shape index (κ3) is 1.83. The van der Waals surface area contributed by atoms with Gasteiger partial charge in [-0.3, -0.25) is 4.79 Å². The maximum atomic E-state index is 11.4. The molecular formula is C12H17N3O. The fraction of sp³-hybridized carbons (Fsp3) is 0.417. The average Bonchev–Trinajstić information content (AvgIpc) is 2.64. The number of carbonyl (C=O) groups is 1. The van der Waals surface area contributed by atoms with Crippen molar-refractivity contribution in [3.8, 4) is 0 Å². The quantitative estimate of drug-likeness (QED) is 0.734. The summed E-state index contributed by atoms with van der Waals surface area (Å²) in [6, 6.07) is 5.31. The fourth-order valence-electron chi connectivity index (χ4n) is 2.25. The highest BCUT2D eigenvalue weighted by atomic mass is 16.1. The topological polar surface area (TPSA) is 72.3 Å². The lowest BCUT2D eigenvalue weighted by Gasteiger charge is -2.22. The van der Waals surface area contributed by atoms with Gasteiger partial charge in [-0.25, -0.2) is 0 Å². The monoisotopic (exact) mass is 219 g/mol. The molecule has 0 bridgehead atoms. The number of amides is 1. The van der Waals surface area contributed by atoms with Crippen LogP contribution in [0.2, 0.25) is 0 Å². The molecule has 0 radical (unpaired) electrons. The van der Waals surface area contributed by atoms with Crippen LogP contribution in [-0.2, 0) is 0 Å². The van der Waals surface area contributed by atoms with E-state index in [0.717, 1.165) is 25.2 Å². The Hall–Kier alpha value is -1.71. The number of primary amides is 1. The number of para-hydroxylation sites is 1. The van der Waals surface area contributed by atoms with E-state index in [2.05, 4.69) is 11.8 Å². The lowest BCUT2D eigenvalue weighted by molar-refractivity contribution is 0.100. The molecule has 1 saturated heterocycles. The first kappa shape index (κ1) is 10.8. The highest BCUT2D eigenvalue weighted by molar-refractivity contribution is 6.01. The molecule has 4 N–H and O–H groups in total. The van der Waals surface area contributed by atoms with E-state index in [1.165, 1.54) is 0 Å². The molecular weight excluding hydrogens is 202 g/mol. The van der Waals surface area contributed by atoms with Crippen molar-refractivity contribution in [2.75, 3.05) is 23.7 Å². The van der Waals surface area contributed by atoms with Crippen LogP contribution in [0.5, 0.6) is 0 Å². The third-order valence-corrected chi connectivity index (χ3v) is 3.07. The lowest BCUT2D eigenvalue weighted by Crippen LogP contribution is -2.25. The minimum Gasteiger partial charge on any atom is -0.397 e. The van der Waals surface area contributed by atoms with Gasteiger partial charge in [-0.1, -0.05) is 13.0 Å². The van der Waals surface area contributed by atoms with Gasteiger partial charge in [0, 0.05) is 13.1 Å². The van der Waals surface area contributed by atoms with E-state index in [1.54, 1.807) is 12.1 Å². The molecule has 16 heavy (non-hydrogen) atoms. The van der Waals surface area contributed by atoms with Gasteiger partial charge in [-0.2, -0.15) is 0 Å². The minimum atomic E-state index is -0.415. The predicted octanol–water partition coefficient (Wildman–Crippen LogP) is 1.21. The van der Waals surface area contributed by atoms with Crippen LogP contribution in [0.4, 0.5) is 11.4 Å². The summed E-state index contributed by atoms with van der Waals surface area (Å²) in [6.45, 7) is 4.08. The first-order valence-corrected chi connectivity index (χ1v) is 5.53. The molecule has 1 aromatic rings. The van der Waals surface area contributed by atoms with Crippen LogP contribution < -0.4 is 16.4 Å². The largest absolute Gasteiger partial charge is 0.397 e. The van der Waals surface area contributed by atoms with Gasteiger partial charge in [0.05, 0.1) is 16.9 Å². The van der Waals surface area contributed by atoms with Crippen molar-refractivity contribution in [3.63, 3.8) is 0 Å². The number of carbonyl (C=O) groups excluding carboxylic acids is 1. The average molecular weight is 219 g/mol. The van der Waals surface area contributed by atoms with Crippen LogP contribution >= 0.6 is 0 Å². The molecule has 1 aliphatic heterocycles. The highest BCUT2D eigenvalue weighted by Crippen LogP contribution is 2.31. The van der Waals surface area contributed by atoms with E-state index in [4.69, 9.17) is 11.5 Å². The Morgan fingerprint density at radius 3 is 2.81 bits per heavy atom. The zero-order valence-electron chi connectivity index (χ0n) is 9.44. The number of anilines is 2. The molecule has 0 aromatic heterocycles. The van der Waals surface area contributed by atoms with Crippen molar-refractivity contribution < 1.29 is 4.79 Å². The molecule has 2 rings (SSSR count). The molecule has 1 aliphatic rings. The molecule has 86 valence electrons. The van der Waals surface area contributed by atoms with Gasteiger partial charge in [0.1, 0.15) is 0 Å². The molecule has 1 fully saturated rings. The molecule has 1 amide bonds. The first-order valence-electron chi connectivity index (χ1n) is 5.53. The molecule has 1 unspecified atom stereocenters. The third-order valence-electron chi connectivity index (χ3n) is 3.07. The Bertz CT molecular complexity index is 417. The van der Waals surface area contributed by atoms with Crippen LogP contribution in [0.15, 0.2) is 18.2 Å². The molecule has 0 spiro atoms. The van der Waals surface area contributed by atoms with Crippen LogP contribution in [0.25, 0.3) is 0 Å². The minimum absolute atomic E-state index is 0.415. The second kappa shape index (κ2) is 4.04. The summed E-state index contributed by atoms with van der Waals surface area (Å²) >= 11 is 0. The second-order valence-electron chi connectivity index (χ2n) is 4.45. The van der Waals surface area contributed by atoms with Crippen molar-refractivity contribution in [1.29, 1.82) is 0 Å². The van der Waals surface area contributed by atoms with E-state index in [9.17, 15) is 4.79 Å². The number of hydrogen-bond donors (Lipinski definition) is 2. The first-order chi connectivity index (χ1) is 7.59. The van der Waals surface area contributed by atoms with Crippen molar-refractivity contribution in [3.05, 3.63) is 23.8 Å². The van der Waals surface area contributed by atoms with Gasteiger partial charge < -0.3 is 16.4 Å². The number of hydrogen-bond acceptors (Lipinski definition) is 3. The lowest BCUT2D eigenvalue weighted by atomic mass is 10.1. The van der Waals surface area contributed by atoms with Gasteiger partial charge in [-0.15, -0.1) is 0 Å². The summed E-state index contributed by atoms with van der Waals surface area (Å²) < 4.78 is 0. The highest BCUT2D eigenvalue weighted by Gasteiger charge is 2.24. The molecule has 0 aliphatic carbocycles. The van der Waals surface area contributed by atoms with E-state index >= 15 is 0 Å². The second-order valence-corrected chi connectivity index (χ2v) is 4.45. The van der Waals surface area contributed by atoms with Crippen molar-refractivity contribution >= 4 is 17.3 Å². The van der Waals surface area contributed by atoms with Crippen LogP contribution in [-0.4, -0.2) is 19.0 Å². The summed E-state index contributed by atoms with van der Waals surface area (Å²) in [5.41, 5.74) is 13.3. The van der Waals surface area contributed by atoms with Gasteiger partial charge in [-0.05, 0) is 24.5 Å². The summed E-state index contributed by atoms with van der Waals surface area (Å²) in [4.78, 5) is 13.5. The Morgan fingerprint density at radius 2 is 2.25 bits per heavy atom. The van der Waals surface area contributed by atoms with Crippen LogP contribution in [0, 0.1) is 5.92 Å². The van der Waals surface area contributed by atoms with Gasteiger partial charge in [0.25, 0.3) is 5.91 Å². The van der Waals surface area contributed by atoms with E-state index < -0.39 is 5.91 Å². The smallest absolute Gasteiger partial charge is 0.250 e. The predicted molar refractivity (Wildman–Crippen MR) is 65.4 cm³/mol. The Labute approximate surface area is 95.2 Å². The summed E-state index contributed by atoms with van der Waals surface area (Å²) in [5.74, 6) is 0.224. The zero-order chi connectivity index (χ0) is 11.7. The van der Waals surface area contributed by atoms with Crippen molar-refractivity contribution in [2.45, 2.75) is 13.3 Å². The van der Waals surface area contributed by atoms with E-state index in [1.807, 2.05) is 6.07 Å². The maximum absolute atomic E-state index is 11.4. The number of rotatable bonds is 2. The zero-order valence-corrected chi connectivity index (χ0v) is 9.44. The molecule has 1 aromatic carbocycles. The SMILES string of the molecule is CC1CCN(c2c(N)cccc2C(N)=O)C1. The summed E-state index contributed by atoms with van der Waals surface area (Å²) in [5, 5.41) is 0. The Morgan fingerprint density at radius 1 is 1.50 bits per heavy atom. The molecule has 1 heterocycles. The standard InChI is InChI=1S/C12H17N3O/c1-8-5-6-15(7-8)11-9(12(14)16)3-2-4-10(11)13/h2-4,8H,5-7,13H2,1H3,(H2,14,16). The fourth-order valence-corrected chi connectivity index (χ4v) is 2.25. The van der Waals surface area contributed by atoms with Gasteiger partial charge >= 0.3 is 0 Å².